The predicted molar refractivity (Wildman–Crippen MR) is 47.5 cm³/mol. The van der Waals surface area contributed by atoms with Gasteiger partial charge in [0.2, 0.25) is 0 Å². The number of hydrogen-bond donors (Lipinski definition) is 1. The molecule has 0 spiro atoms. The summed E-state index contributed by atoms with van der Waals surface area (Å²) in [6.45, 7) is 0. The van der Waals surface area contributed by atoms with Crippen LogP contribution in [0.1, 0.15) is 12.8 Å². The van der Waals surface area contributed by atoms with Crippen LogP contribution in [0.25, 0.3) is 0 Å². The highest BCUT2D eigenvalue weighted by atomic mass is 16.6. The Hall–Kier alpha value is -1.29. The molecule has 1 rings (SSSR count). The number of amides is 1. The Balaban J connectivity index is 2.30. The van der Waals surface area contributed by atoms with Crippen molar-refractivity contribution in [2.75, 3.05) is 7.11 Å². The van der Waals surface area contributed by atoms with Gasteiger partial charge in [0.1, 0.15) is 6.10 Å². The van der Waals surface area contributed by atoms with E-state index in [0.29, 0.717) is 0 Å². The van der Waals surface area contributed by atoms with Crippen molar-refractivity contribution < 1.29 is 14.4 Å². The molecular formula is C9H13NO3. The minimum absolute atomic E-state index is 0.00704. The molecule has 0 saturated heterocycles. The third-order valence-electron chi connectivity index (χ3n) is 1.63. The lowest BCUT2D eigenvalue weighted by molar-refractivity contribution is -0.126. The van der Waals surface area contributed by atoms with Gasteiger partial charge in [-0.3, -0.25) is 9.63 Å². The summed E-state index contributed by atoms with van der Waals surface area (Å²) in [4.78, 5) is 15.3. The molecule has 0 aliphatic carbocycles. The van der Waals surface area contributed by atoms with Gasteiger partial charge >= 0.3 is 0 Å². The van der Waals surface area contributed by atoms with Crippen LogP contribution in [0.4, 0.5) is 0 Å². The molecule has 1 N–H and O–H groups in total. The largest absolute Gasteiger partial charge is 0.494 e. The van der Waals surface area contributed by atoms with Crippen LogP contribution >= 0.6 is 0 Å². The minimum Gasteiger partial charge on any atom is -0.494 e. The molecule has 0 aromatic heterocycles. The summed E-state index contributed by atoms with van der Waals surface area (Å²) in [6.07, 6.45) is 8.65. The van der Waals surface area contributed by atoms with E-state index in [1.165, 1.54) is 13.2 Å². The summed E-state index contributed by atoms with van der Waals surface area (Å²) in [5.74, 6) is -0.277. The summed E-state index contributed by atoms with van der Waals surface area (Å²) >= 11 is 0. The fraction of sp³-hybridized carbons (Fsp3) is 0.444. The van der Waals surface area contributed by atoms with Gasteiger partial charge in [0.15, 0.2) is 0 Å². The van der Waals surface area contributed by atoms with Crippen molar-refractivity contribution in [1.29, 1.82) is 0 Å². The summed E-state index contributed by atoms with van der Waals surface area (Å²) in [5.41, 5.74) is 2.19. The van der Waals surface area contributed by atoms with Crippen LogP contribution in [0, 0.1) is 0 Å². The molecule has 0 aromatic carbocycles. The molecule has 1 amide bonds. The van der Waals surface area contributed by atoms with E-state index in [1.807, 2.05) is 6.08 Å². The zero-order valence-corrected chi connectivity index (χ0v) is 7.53. The molecule has 0 saturated carbocycles. The zero-order valence-electron chi connectivity index (χ0n) is 7.53. The molecule has 0 fully saturated rings. The maximum atomic E-state index is 10.9. The van der Waals surface area contributed by atoms with Gasteiger partial charge in [-0.25, -0.2) is 5.48 Å². The van der Waals surface area contributed by atoms with Crippen LogP contribution in [0.2, 0.25) is 0 Å². The Morgan fingerprint density at radius 3 is 3.23 bits per heavy atom. The second kappa shape index (κ2) is 5.37. The summed E-state index contributed by atoms with van der Waals surface area (Å²) in [7, 11) is 1.39. The van der Waals surface area contributed by atoms with Crippen molar-refractivity contribution in [3.8, 4) is 0 Å². The van der Waals surface area contributed by atoms with Crippen LogP contribution < -0.4 is 5.48 Å². The summed E-state index contributed by atoms with van der Waals surface area (Å²) in [5, 5.41) is 0. The zero-order chi connectivity index (χ0) is 9.52. The van der Waals surface area contributed by atoms with Gasteiger partial charge < -0.3 is 4.74 Å². The van der Waals surface area contributed by atoms with Gasteiger partial charge in [-0.2, -0.15) is 0 Å². The average Bonchev–Trinajstić information content (AvgIpc) is 2.17. The first-order valence-corrected chi connectivity index (χ1v) is 4.14. The Bertz CT molecular complexity index is 223. The van der Waals surface area contributed by atoms with Gasteiger partial charge in [-0.05, 0) is 25.0 Å². The molecule has 1 heterocycles. The Morgan fingerprint density at radius 2 is 2.62 bits per heavy atom. The average molecular weight is 183 g/mol. The monoisotopic (exact) mass is 183 g/mol. The number of carbonyl (C=O) groups excluding carboxylic acids is 1. The fourth-order valence-corrected chi connectivity index (χ4v) is 1.02. The molecule has 0 radical (unpaired) electrons. The lowest BCUT2D eigenvalue weighted by Gasteiger charge is -2.14. The normalized spacial score (nSPS) is 21.5. The third kappa shape index (κ3) is 3.75. The molecule has 1 aliphatic rings. The van der Waals surface area contributed by atoms with E-state index in [4.69, 9.17) is 4.74 Å². The number of ether oxygens (including phenoxy) is 1. The second-order valence-corrected chi connectivity index (χ2v) is 2.65. The summed E-state index contributed by atoms with van der Waals surface area (Å²) < 4.78 is 5.22. The molecule has 13 heavy (non-hydrogen) atoms. The molecule has 4 heteroatoms. The number of carbonyl (C=O) groups is 1. The maximum Gasteiger partial charge on any atom is 0.267 e. The van der Waals surface area contributed by atoms with Crippen molar-refractivity contribution in [2.45, 2.75) is 18.9 Å². The van der Waals surface area contributed by atoms with Crippen molar-refractivity contribution in [1.82, 2.24) is 5.48 Å². The van der Waals surface area contributed by atoms with Gasteiger partial charge in [-0.15, -0.1) is 0 Å². The summed E-state index contributed by atoms with van der Waals surface area (Å²) in [6, 6.07) is 0. The quantitative estimate of drug-likeness (QED) is 0.522. The molecule has 72 valence electrons. The highest BCUT2D eigenvalue weighted by molar-refractivity contribution is 5.86. The van der Waals surface area contributed by atoms with Crippen LogP contribution in [-0.4, -0.2) is 19.1 Å². The van der Waals surface area contributed by atoms with Crippen LogP contribution in [-0.2, 0) is 14.4 Å². The molecule has 1 aliphatic heterocycles. The van der Waals surface area contributed by atoms with Crippen LogP contribution in [0.3, 0.4) is 0 Å². The Labute approximate surface area is 77.2 Å². The molecular weight excluding hydrogens is 170 g/mol. The van der Waals surface area contributed by atoms with E-state index in [0.717, 1.165) is 12.8 Å². The molecule has 0 bridgehead atoms. The minimum atomic E-state index is -0.277. The first kappa shape index (κ1) is 9.80. The van der Waals surface area contributed by atoms with E-state index in [2.05, 4.69) is 10.3 Å². The predicted octanol–water partition coefficient (Wildman–Crippen LogP) is 0.913. The number of allylic oxidation sites excluding steroid dienone is 1. The highest BCUT2D eigenvalue weighted by Crippen LogP contribution is 2.10. The maximum absolute atomic E-state index is 10.9. The van der Waals surface area contributed by atoms with Crippen LogP contribution in [0.5, 0.6) is 0 Å². The van der Waals surface area contributed by atoms with E-state index in [1.54, 1.807) is 12.3 Å². The van der Waals surface area contributed by atoms with Crippen molar-refractivity contribution in [2.24, 2.45) is 0 Å². The Kier molecular flexibility index (Phi) is 4.05. The van der Waals surface area contributed by atoms with Crippen molar-refractivity contribution in [3.05, 3.63) is 24.5 Å². The molecule has 1 unspecified atom stereocenters. The fourth-order valence-electron chi connectivity index (χ4n) is 1.02. The smallest absolute Gasteiger partial charge is 0.267 e. The SMILES string of the molecule is CONC(=O)/C=C/C1CCC=CO1. The van der Waals surface area contributed by atoms with Crippen LogP contribution in [0.15, 0.2) is 24.5 Å². The second-order valence-electron chi connectivity index (χ2n) is 2.65. The van der Waals surface area contributed by atoms with Crippen molar-refractivity contribution in [3.63, 3.8) is 0 Å². The molecule has 4 nitrogen and oxygen atoms in total. The number of hydroxylamine groups is 1. The van der Waals surface area contributed by atoms with E-state index in [-0.39, 0.29) is 12.0 Å². The lowest BCUT2D eigenvalue weighted by atomic mass is 10.1. The molecule has 0 aromatic rings. The number of nitrogens with one attached hydrogen (secondary N) is 1. The van der Waals surface area contributed by atoms with Gasteiger partial charge in [0.05, 0.1) is 13.4 Å². The van der Waals surface area contributed by atoms with Gasteiger partial charge in [0.25, 0.3) is 5.91 Å². The topological polar surface area (TPSA) is 47.6 Å². The third-order valence-corrected chi connectivity index (χ3v) is 1.63. The van der Waals surface area contributed by atoms with E-state index in [9.17, 15) is 4.79 Å². The highest BCUT2D eigenvalue weighted by Gasteiger charge is 2.06. The van der Waals surface area contributed by atoms with Gasteiger partial charge in [-0.1, -0.05) is 0 Å². The van der Waals surface area contributed by atoms with E-state index < -0.39 is 0 Å². The first-order chi connectivity index (χ1) is 6.33. The number of rotatable bonds is 3. The number of hydrogen-bond acceptors (Lipinski definition) is 3. The van der Waals surface area contributed by atoms with Crippen molar-refractivity contribution >= 4 is 5.91 Å². The first-order valence-electron chi connectivity index (χ1n) is 4.14. The van der Waals surface area contributed by atoms with Gasteiger partial charge in [0, 0.05) is 6.08 Å². The Morgan fingerprint density at radius 1 is 1.77 bits per heavy atom. The van der Waals surface area contributed by atoms with E-state index >= 15 is 0 Å². The molecule has 1 atom stereocenters. The standard InChI is InChI=1S/C9H13NO3/c1-12-10-9(11)6-5-8-4-2-3-7-13-8/h3,5-8H,2,4H2,1H3,(H,10,11)/b6-5+. The lowest BCUT2D eigenvalue weighted by Crippen LogP contribution is -2.20.